The predicted octanol–water partition coefficient (Wildman–Crippen LogP) is 1.97. The number of nitrogens with one attached hydrogen (secondary N) is 1. The highest BCUT2D eigenvalue weighted by molar-refractivity contribution is 5.80. The van der Waals surface area contributed by atoms with Gasteiger partial charge in [0.15, 0.2) is 0 Å². The molecule has 4 nitrogen and oxygen atoms in total. The third-order valence-corrected chi connectivity index (χ3v) is 3.39. The fourth-order valence-electron chi connectivity index (χ4n) is 2.42. The number of fused-ring (bicyclic) bond motifs is 1. The maximum absolute atomic E-state index is 12.5. The van der Waals surface area contributed by atoms with Crippen molar-refractivity contribution >= 4 is 10.9 Å². The number of benzene rings is 1. The molecule has 0 bridgehead atoms. The molecule has 0 radical (unpaired) electrons. The van der Waals surface area contributed by atoms with Crippen molar-refractivity contribution in [3.05, 3.63) is 58.4 Å². The van der Waals surface area contributed by atoms with E-state index in [9.17, 15) is 9.90 Å². The number of allylic oxidation sites excluding steroid dienone is 1. The first-order valence-electron chi connectivity index (χ1n) is 7.15. The lowest BCUT2D eigenvalue weighted by atomic mass is 10.1. The number of nitrogens with zero attached hydrogens (tertiary/aromatic N) is 1. The average Bonchev–Trinajstić information content (AvgIpc) is 2.42. The Morgan fingerprint density at radius 1 is 1.43 bits per heavy atom. The van der Waals surface area contributed by atoms with Gasteiger partial charge in [0.1, 0.15) is 0 Å². The molecule has 0 saturated carbocycles. The number of aliphatic hydroxyl groups excluding tert-OH is 1. The van der Waals surface area contributed by atoms with E-state index in [-0.39, 0.29) is 5.56 Å². The Hall–Kier alpha value is -1.91. The molecule has 1 unspecified atom stereocenters. The largest absolute Gasteiger partial charge is 0.392 e. The van der Waals surface area contributed by atoms with E-state index in [0.717, 1.165) is 16.5 Å². The maximum atomic E-state index is 12.5. The van der Waals surface area contributed by atoms with Crippen LogP contribution in [-0.4, -0.2) is 22.3 Å². The smallest absolute Gasteiger partial charge is 0.255 e. The third kappa shape index (κ3) is 3.60. The first kappa shape index (κ1) is 15.5. The van der Waals surface area contributed by atoms with Crippen LogP contribution < -0.4 is 10.9 Å². The summed E-state index contributed by atoms with van der Waals surface area (Å²) in [5.74, 6) is 0. The minimum absolute atomic E-state index is 0.00986. The van der Waals surface area contributed by atoms with Gasteiger partial charge in [-0.15, -0.1) is 6.58 Å². The van der Waals surface area contributed by atoms with Gasteiger partial charge in [-0.2, -0.15) is 0 Å². The molecule has 21 heavy (non-hydrogen) atoms. The van der Waals surface area contributed by atoms with Crippen LogP contribution in [0.5, 0.6) is 0 Å². The van der Waals surface area contributed by atoms with E-state index in [1.165, 1.54) is 0 Å². The summed E-state index contributed by atoms with van der Waals surface area (Å²) < 4.78 is 1.74. The minimum atomic E-state index is -0.428. The summed E-state index contributed by atoms with van der Waals surface area (Å²) in [5.41, 5.74) is 2.78. The Morgan fingerprint density at radius 2 is 2.19 bits per heavy atom. The van der Waals surface area contributed by atoms with E-state index >= 15 is 0 Å². The van der Waals surface area contributed by atoms with Crippen LogP contribution in [0.3, 0.4) is 0 Å². The van der Waals surface area contributed by atoms with Gasteiger partial charge < -0.3 is 15.0 Å². The van der Waals surface area contributed by atoms with Crippen LogP contribution in [0.15, 0.2) is 41.7 Å². The minimum Gasteiger partial charge on any atom is -0.392 e. The summed E-state index contributed by atoms with van der Waals surface area (Å²) in [4.78, 5) is 12.5. The van der Waals surface area contributed by atoms with Gasteiger partial charge in [-0.05, 0) is 37.4 Å². The van der Waals surface area contributed by atoms with E-state index in [0.29, 0.717) is 25.2 Å². The average molecular weight is 286 g/mol. The van der Waals surface area contributed by atoms with Gasteiger partial charge in [-0.25, -0.2) is 0 Å². The third-order valence-electron chi connectivity index (χ3n) is 3.39. The number of rotatable bonds is 6. The molecular weight excluding hydrogens is 264 g/mol. The molecule has 2 rings (SSSR count). The summed E-state index contributed by atoms with van der Waals surface area (Å²) in [6, 6.07) is 7.99. The van der Waals surface area contributed by atoms with Crippen molar-refractivity contribution in [3.8, 4) is 0 Å². The summed E-state index contributed by atoms with van der Waals surface area (Å²) in [6.45, 7) is 8.88. The Labute approximate surface area is 124 Å². The molecule has 4 heteroatoms. The Morgan fingerprint density at radius 3 is 2.86 bits per heavy atom. The van der Waals surface area contributed by atoms with E-state index in [4.69, 9.17) is 0 Å². The molecule has 0 aliphatic rings. The quantitative estimate of drug-likeness (QED) is 0.798. The maximum Gasteiger partial charge on any atom is 0.255 e. The van der Waals surface area contributed by atoms with Gasteiger partial charge in [0, 0.05) is 25.2 Å². The van der Waals surface area contributed by atoms with Gasteiger partial charge in [0.25, 0.3) is 5.56 Å². The molecule has 0 aliphatic carbocycles. The topological polar surface area (TPSA) is 54.3 Å². The van der Waals surface area contributed by atoms with Crippen molar-refractivity contribution in [2.45, 2.75) is 33.0 Å². The number of hydrogen-bond donors (Lipinski definition) is 2. The van der Waals surface area contributed by atoms with Crippen molar-refractivity contribution < 1.29 is 5.11 Å². The van der Waals surface area contributed by atoms with Crippen LogP contribution >= 0.6 is 0 Å². The molecule has 0 spiro atoms. The van der Waals surface area contributed by atoms with Crippen molar-refractivity contribution in [1.29, 1.82) is 0 Å². The van der Waals surface area contributed by atoms with Crippen LogP contribution in [0.25, 0.3) is 10.9 Å². The van der Waals surface area contributed by atoms with Crippen molar-refractivity contribution in [1.82, 2.24) is 9.88 Å². The van der Waals surface area contributed by atoms with Gasteiger partial charge in [-0.1, -0.05) is 17.7 Å². The van der Waals surface area contributed by atoms with Gasteiger partial charge in [0.05, 0.1) is 11.6 Å². The molecular formula is C17H22N2O2. The standard InChI is InChI=1S/C17H22N2O2/c1-4-7-19-16-6-5-12(2)8-14(16)9-15(17(19)21)11-18-10-13(3)20/h4-6,8-9,13,18,20H,1,7,10-11H2,2-3H3. The zero-order valence-corrected chi connectivity index (χ0v) is 12.6. The second-order valence-corrected chi connectivity index (χ2v) is 5.42. The molecule has 0 amide bonds. The summed E-state index contributed by atoms with van der Waals surface area (Å²) in [6.07, 6.45) is 1.30. The molecule has 1 aromatic carbocycles. The van der Waals surface area contributed by atoms with Crippen molar-refractivity contribution in [3.63, 3.8) is 0 Å². The number of pyridine rings is 1. The zero-order valence-electron chi connectivity index (χ0n) is 12.6. The molecule has 0 saturated heterocycles. The van der Waals surface area contributed by atoms with Crippen molar-refractivity contribution in [2.24, 2.45) is 0 Å². The highest BCUT2D eigenvalue weighted by Crippen LogP contribution is 2.16. The van der Waals surface area contributed by atoms with Crippen LogP contribution in [-0.2, 0) is 13.1 Å². The number of aromatic nitrogens is 1. The molecule has 112 valence electrons. The van der Waals surface area contributed by atoms with Crippen LogP contribution in [0.4, 0.5) is 0 Å². The number of aryl methyl sites for hydroxylation is 1. The monoisotopic (exact) mass is 286 g/mol. The van der Waals surface area contributed by atoms with Crippen LogP contribution in [0.1, 0.15) is 18.1 Å². The Kier molecular flexibility index (Phi) is 4.94. The van der Waals surface area contributed by atoms with Gasteiger partial charge in [-0.3, -0.25) is 4.79 Å². The molecule has 0 aliphatic heterocycles. The normalized spacial score (nSPS) is 12.5. The fourth-order valence-corrected chi connectivity index (χ4v) is 2.42. The lowest BCUT2D eigenvalue weighted by Gasteiger charge is -2.13. The lowest BCUT2D eigenvalue weighted by molar-refractivity contribution is 0.191. The summed E-state index contributed by atoms with van der Waals surface area (Å²) in [5, 5.41) is 13.4. The molecule has 2 aromatic rings. The second kappa shape index (κ2) is 6.70. The molecule has 1 heterocycles. The van der Waals surface area contributed by atoms with Crippen molar-refractivity contribution in [2.75, 3.05) is 6.54 Å². The SMILES string of the molecule is C=CCn1c(=O)c(CNCC(C)O)cc2cc(C)ccc21. The molecule has 0 fully saturated rings. The summed E-state index contributed by atoms with van der Waals surface area (Å²) >= 11 is 0. The van der Waals surface area contributed by atoms with E-state index in [1.54, 1.807) is 17.6 Å². The first-order chi connectivity index (χ1) is 10.0. The highest BCUT2D eigenvalue weighted by Gasteiger charge is 2.09. The van der Waals surface area contributed by atoms with Crippen LogP contribution in [0, 0.1) is 6.92 Å². The predicted molar refractivity (Wildman–Crippen MR) is 86.5 cm³/mol. The van der Waals surface area contributed by atoms with E-state index in [2.05, 4.69) is 18.0 Å². The number of aliphatic hydroxyl groups is 1. The van der Waals surface area contributed by atoms with E-state index in [1.807, 2.05) is 25.1 Å². The molecule has 1 aromatic heterocycles. The Balaban J connectivity index is 2.47. The zero-order chi connectivity index (χ0) is 15.4. The molecule has 1 atom stereocenters. The highest BCUT2D eigenvalue weighted by atomic mass is 16.3. The summed E-state index contributed by atoms with van der Waals surface area (Å²) in [7, 11) is 0. The lowest BCUT2D eigenvalue weighted by Crippen LogP contribution is -2.30. The van der Waals surface area contributed by atoms with E-state index < -0.39 is 6.10 Å². The fraction of sp³-hybridized carbons (Fsp3) is 0.353. The number of hydrogen-bond acceptors (Lipinski definition) is 3. The van der Waals surface area contributed by atoms with Gasteiger partial charge in [0.2, 0.25) is 0 Å². The van der Waals surface area contributed by atoms with Gasteiger partial charge >= 0.3 is 0 Å². The second-order valence-electron chi connectivity index (χ2n) is 5.42. The Bertz CT molecular complexity index is 702. The first-order valence-corrected chi connectivity index (χ1v) is 7.15. The van der Waals surface area contributed by atoms with Crippen LogP contribution in [0.2, 0.25) is 0 Å². The molecule has 2 N–H and O–H groups in total.